The Morgan fingerprint density at radius 2 is 1.30 bits per heavy atom. The minimum Gasteiger partial charge on any atom is -0.411 e. The Morgan fingerprint density at radius 1 is 0.850 bits per heavy atom. The van der Waals surface area contributed by atoms with E-state index < -0.39 is 0 Å². The van der Waals surface area contributed by atoms with Crippen LogP contribution < -0.4 is 0 Å². The van der Waals surface area contributed by atoms with Crippen LogP contribution >= 0.6 is 0 Å². The summed E-state index contributed by atoms with van der Waals surface area (Å²) in [4.78, 5) is 11.1. The summed E-state index contributed by atoms with van der Waals surface area (Å²) in [6, 6.07) is 17.8. The van der Waals surface area contributed by atoms with Gasteiger partial charge >= 0.3 is 0 Å². The minimum absolute atomic E-state index is 0.106. The van der Waals surface area contributed by atoms with E-state index in [2.05, 4.69) is 17.3 Å². The van der Waals surface area contributed by atoms with E-state index in [0.29, 0.717) is 5.71 Å². The van der Waals surface area contributed by atoms with Crippen LogP contribution in [-0.4, -0.2) is 16.7 Å². The monoisotopic (exact) mass is 269 g/mol. The molecule has 104 valence electrons. The molecule has 3 nitrogen and oxygen atoms in total. The van der Waals surface area contributed by atoms with E-state index in [1.54, 1.807) is 20.8 Å². The Labute approximate surface area is 119 Å². The smallest absolute Gasteiger partial charge is 0.159 e. The lowest BCUT2D eigenvalue weighted by Crippen LogP contribution is -1.90. The zero-order valence-electron chi connectivity index (χ0n) is 12.0. The van der Waals surface area contributed by atoms with E-state index in [4.69, 9.17) is 5.21 Å². The third-order valence-corrected chi connectivity index (χ3v) is 2.60. The lowest BCUT2D eigenvalue weighted by atomic mass is 10.0. The second kappa shape index (κ2) is 7.89. The van der Waals surface area contributed by atoms with Gasteiger partial charge in [-0.15, -0.1) is 0 Å². The van der Waals surface area contributed by atoms with Gasteiger partial charge in [-0.25, -0.2) is 0 Å². The van der Waals surface area contributed by atoms with Crippen molar-refractivity contribution >= 4 is 11.5 Å². The van der Waals surface area contributed by atoms with Gasteiger partial charge in [-0.1, -0.05) is 59.8 Å². The molecule has 0 spiro atoms. The van der Waals surface area contributed by atoms with E-state index in [1.165, 1.54) is 5.56 Å². The number of carbonyl (C=O) groups is 1. The summed E-state index contributed by atoms with van der Waals surface area (Å²) in [6.45, 7) is 5.03. The molecule has 2 aromatic carbocycles. The highest BCUT2D eigenvalue weighted by Gasteiger charge is 1.99. The zero-order valence-corrected chi connectivity index (χ0v) is 12.0. The lowest BCUT2D eigenvalue weighted by Gasteiger charge is -2.01. The number of nitrogens with zero attached hydrogens (tertiary/aromatic N) is 1. The van der Waals surface area contributed by atoms with Crippen molar-refractivity contribution in [3.63, 3.8) is 0 Å². The first-order valence-corrected chi connectivity index (χ1v) is 6.36. The van der Waals surface area contributed by atoms with Crippen molar-refractivity contribution in [2.75, 3.05) is 0 Å². The fraction of sp³-hybridized carbons (Fsp3) is 0.176. The Kier molecular flexibility index (Phi) is 6.17. The van der Waals surface area contributed by atoms with E-state index in [9.17, 15) is 4.79 Å². The minimum atomic E-state index is 0.106. The number of benzene rings is 2. The van der Waals surface area contributed by atoms with Crippen molar-refractivity contribution in [2.24, 2.45) is 5.16 Å². The first-order valence-electron chi connectivity index (χ1n) is 6.36. The maximum Gasteiger partial charge on any atom is 0.159 e. The average molecular weight is 269 g/mol. The third-order valence-electron chi connectivity index (χ3n) is 2.60. The molecule has 0 aliphatic heterocycles. The summed E-state index contributed by atoms with van der Waals surface area (Å²) >= 11 is 0. The van der Waals surface area contributed by atoms with Crippen molar-refractivity contribution < 1.29 is 10.0 Å². The number of ketones is 1. The SMILES string of the molecule is CC(=O)c1ccc(-c2ccccc2)cc1.CC(C)=NO. The molecule has 0 amide bonds. The first kappa shape index (κ1) is 15.6. The highest BCUT2D eigenvalue weighted by atomic mass is 16.4. The Morgan fingerprint density at radius 3 is 1.70 bits per heavy atom. The Bertz CT molecular complexity index is 568. The van der Waals surface area contributed by atoms with Gasteiger partial charge in [0, 0.05) is 5.56 Å². The van der Waals surface area contributed by atoms with Gasteiger partial charge in [0.1, 0.15) is 0 Å². The largest absolute Gasteiger partial charge is 0.411 e. The van der Waals surface area contributed by atoms with Gasteiger partial charge in [0.25, 0.3) is 0 Å². The van der Waals surface area contributed by atoms with Crippen molar-refractivity contribution in [1.82, 2.24) is 0 Å². The molecule has 20 heavy (non-hydrogen) atoms. The topological polar surface area (TPSA) is 49.7 Å². The van der Waals surface area contributed by atoms with E-state index in [0.717, 1.165) is 11.1 Å². The molecule has 0 saturated carbocycles. The van der Waals surface area contributed by atoms with Crippen LogP contribution in [0.15, 0.2) is 59.8 Å². The molecule has 1 N–H and O–H groups in total. The molecular weight excluding hydrogens is 250 g/mol. The quantitative estimate of drug-likeness (QED) is 0.380. The van der Waals surface area contributed by atoms with Gasteiger partial charge in [0.15, 0.2) is 5.78 Å². The fourth-order valence-electron chi connectivity index (χ4n) is 1.53. The van der Waals surface area contributed by atoms with E-state index in [1.807, 2.05) is 42.5 Å². The fourth-order valence-corrected chi connectivity index (χ4v) is 1.53. The molecule has 0 aliphatic rings. The molecule has 2 rings (SSSR count). The number of rotatable bonds is 2. The summed E-state index contributed by atoms with van der Waals surface area (Å²) in [5.41, 5.74) is 3.76. The molecule has 0 atom stereocenters. The second-order valence-electron chi connectivity index (χ2n) is 4.55. The summed E-state index contributed by atoms with van der Waals surface area (Å²) < 4.78 is 0. The van der Waals surface area contributed by atoms with Gasteiger partial charge in [0.2, 0.25) is 0 Å². The van der Waals surface area contributed by atoms with Crippen LogP contribution in [0.2, 0.25) is 0 Å². The number of oxime groups is 1. The van der Waals surface area contributed by atoms with Crippen LogP contribution in [0.4, 0.5) is 0 Å². The van der Waals surface area contributed by atoms with Crippen LogP contribution in [0, 0.1) is 0 Å². The van der Waals surface area contributed by atoms with Gasteiger partial charge in [0.05, 0.1) is 5.71 Å². The highest BCUT2D eigenvalue weighted by Crippen LogP contribution is 2.19. The predicted molar refractivity (Wildman–Crippen MR) is 82.5 cm³/mol. The summed E-state index contributed by atoms with van der Waals surface area (Å²) in [7, 11) is 0. The zero-order chi connectivity index (χ0) is 15.0. The lowest BCUT2D eigenvalue weighted by molar-refractivity contribution is 0.101. The maximum atomic E-state index is 11.1. The molecule has 3 heteroatoms. The predicted octanol–water partition coefficient (Wildman–Crippen LogP) is 4.41. The Balaban J connectivity index is 0.000000347. The molecule has 0 aliphatic carbocycles. The first-order chi connectivity index (χ1) is 9.54. The van der Waals surface area contributed by atoms with Crippen molar-refractivity contribution in [3.05, 3.63) is 60.2 Å². The number of Topliss-reactive ketones (excluding diaryl/α,β-unsaturated/α-hetero) is 1. The summed E-state index contributed by atoms with van der Waals surface area (Å²) in [5.74, 6) is 0.106. The number of hydrogen-bond donors (Lipinski definition) is 1. The average Bonchev–Trinajstić information content (AvgIpc) is 2.49. The maximum absolute atomic E-state index is 11.1. The molecule has 0 unspecified atom stereocenters. The van der Waals surface area contributed by atoms with Crippen LogP contribution in [-0.2, 0) is 0 Å². The molecule has 0 bridgehead atoms. The van der Waals surface area contributed by atoms with Crippen LogP contribution in [0.3, 0.4) is 0 Å². The normalized spacial score (nSPS) is 9.15. The number of hydrogen-bond acceptors (Lipinski definition) is 3. The number of carbonyl (C=O) groups excluding carboxylic acids is 1. The van der Waals surface area contributed by atoms with Gasteiger partial charge in [-0.05, 0) is 31.9 Å². The summed E-state index contributed by atoms with van der Waals surface area (Å²) in [6.07, 6.45) is 0. The van der Waals surface area contributed by atoms with Gasteiger partial charge in [-0.3, -0.25) is 4.79 Å². The molecule has 0 aromatic heterocycles. The van der Waals surface area contributed by atoms with Crippen molar-refractivity contribution in [2.45, 2.75) is 20.8 Å². The molecule has 0 radical (unpaired) electrons. The molecule has 2 aromatic rings. The van der Waals surface area contributed by atoms with Crippen molar-refractivity contribution in [1.29, 1.82) is 0 Å². The standard InChI is InChI=1S/C14H12O.C3H7NO/c1-11(15)12-7-9-14(10-8-12)13-5-3-2-4-6-13;1-3(2)4-5/h2-10H,1H3;5H,1-2H3. The molecule has 0 fully saturated rings. The third kappa shape index (κ3) is 5.06. The molecule has 0 heterocycles. The van der Waals surface area contributed by atoms with E-state index in [-0.39, 0.29) is 5.78 Å². The van der Waals surface area contributed by atoms with Crippen LogP contribution in [0.1, 0.15) is 31.1 Å². The van der Waals surface area contributed by atoms with Crippen molar-refractivity contribution in [3.8, 4) is 11.1 Å². The molecular formula is C17H19NO2. The second-order valence-corrected chi connectivity index (χ2v) is 4.55. The Hall–Kier alpha value is -2.42. The highest BCUT2D eigenvalue weighted by molar-refractivity contribution is 5.94. The van der Waals surface area contributed by atoms with Gasteiger partial charge in [-0.2, -0.15) is 0 Å². The molecule has 0 saturated heterocycles. The van der Waals surface area contributed by atoms with Gasteiger partial charge < -0.3 is 5.21 Å². The van der Waals surface area contributed by atoms with E-state index >= 15 is 0 Å². The van der Waals surface area contributed by atoms with Crippen LogP contribution in [0.5, 0.6) is 0 Å². The summed E-state index contributed by atoms with van der Waals surface area (Å²) in [5, 5.41) is 10.5. The van der Waals surface area contributed by atoms with Crippen LogP contribution in [0.25, 0.3) is 11.1 Å².